The molecule has 0 saturated carbocycles. The number of amides is 1. The van der Waals surface area contributed by atoms with Crippen molar-refractivity contribution in [2.45, 2.75) is 19.4 Å². The van der Waals surface area contributed by atoms with Gasteiger partial charge >= 0.3 is 5.97 Å². The van der Waals surface area contributed by atoms with Crippen molar-refractivity contribution in [1.82, 2.24) is 5.16 Å². The van der Waals surface area contributed by atoms with E-state index in [9.17, 15) is 9.59 Å². The number of fused-ring (bicyclic) bond motifs is 1. The summed E-state index contributed by atoms with van der Waals surface area (Å²) in [7, 11) is 0. The molecule has 1 aliphatic heterocycles. The Hall–Kier alpha value is -2.34. The Morgan fingerprint density at radius 2 is 2.24 bits per heavy atom. The summed E-state index contributed by atoms with van der Waals surface area (Å²) in [5, 5.41) is 6.66. The second kappa shape index (κ2) is 5.21. The Kier molecular flexibility index (Phi) is 3.39. The predicted molar refractivity (Wildman–Crippen MR) is 74.2 cm³/mol. The van der Waals surface area contributed by atoms with Crippen LogP contribution < -0.4 is 5.32 Å². The zero-order valence-corrected chi connectivity index (χ0v) is 11.8. The van der Waals surface area contributed by atoms with Crippen molar-refractivity contribution >= 4 is 29.3 Å². The summed E-state index contributed by atoms with van der Waals surface area (Å²) < 4.78 is 10.00. The van der Waals surface area contributed by atoms with Crippen LogP contribution in [-0.2, 0) is 16.0 Å². The molecule has 1 aromatic heterocycles. The molecule has 0 aliphatic carbocycles. The van der Waals surface area contributed by atoms with Crippen molar-refractivity contribution < 1.29 is 18.8 Å². The number of nitrogens with zero attached hydrogens (tertiary/aromatic N) is 1. The normalized spacial score (nSPS) is 17.0. The number of anilines is 1. The fourth-order valence-electron chi connectivity index (χ4n) is 2.13. The van der Waals surface area contributed by atoms with E-state index in [1.54, 1.807) is 25.1 Å². The summed E-state index contributed by atoms with van der Waals surface area (Å²) in [5.41, 5.74) is 1.12. The van der Waals surface area contributed by atoms with Crippen molar-refractivity contribution in [3.05, 3.63) is 46.2 Å². The molecule has 1 aliphatic rings. The first-order chi connectivity index (χ1) is 10.0. The van der Waals surface area contributed by atoms with Crippen LogP contribution in [-0.4, -0.2) is 23.1 Å². The number of esters is 1. The van der Waals surface area contributed by atoms with Crippen molar-refractivity contribution in [3.63, 3.8) is 0 Å². The van der Waals surface area contributed by atoms with Crippen LogP contribution in [0.1, 0.15) is 21.7 Å². The number of halogens is 1. The predicted octanol–water partition coefficient (Wildman–Crippen LogP) is 2.36. The van der Waals surface area contributed by atoms with E-state index in [0.717, 1.165) is 5.56 Å². The second-order valence-electron chi connectivity index (χ2n) is 4.71. The number of aryl methyl sites for hydroxylation is 1. The number of rotatable bonds is 2. The molecule has 0 unspecified atom stereocenters. The number of nitrogens with one attached hydrogen (secondary N) is 1. The van der Waals surface area contributed by atoms with Crippen molar-refractivity contribution in [2.75, 3.05) is 5.32 Å². The van der Waals surface area contributed by atoms with Crippen molar-refractivity contribution in [1.29, 1.82) is 0 Å². The Morgan fingerprint density at radius 1 is 1.43 bits per heavy atom. The van der Waals surface area contributed by atoms with E-state index in [0.29, 0.717) is 22.8 Å². The van der Waals surface area contributed by atoms with E-state index >= 15 is 0 Å². The van der Waals surface area contributed by atoms with E-state index in [4.69, 9.17) is 20.9 Å². The molecule has 6 nitrogen and oxygen atoms in total. The Balaban J connectivity index is 1.77. The van der Waals surface area contributed by atoms with Gasteiger partial charge in [-0.1, -0.05) is 22.8 Å². The maximum Gasteiger partial charge on any atom is 0.339 e. The third-order valence-corrected chi connectivity index (χ3v) is 3.35. The van der Waals surface area contributed by atoms with Gasteiger partial charge in [0, 0.05) is 17.5 Å². The maximum absolute atomic E-state index is 12.1. The number of carbonyl (C=O) groups is 2. The number of hydrogen-bond donors (Lipinski definition) is 1. The molecule has 0 saturated heterocycles. The molecular formula is C14H11ClN2O4. The van der Waals surface area contributed by atoms with Crippen LogP contribution in [0.5, 0.6) is 0 Å². The topological polar surface area (TPSA) is 81.4 Å². The van der Waals surface area contributed by atoms with Crippen LogP contribution >= 0.6 is 11.6 Å². The molecule has 2 aromatic rings. The number of ether oxygens (including phenoxy) is 1. The van der Waals surface area contributed by atoms with E-state index in [1.165, 1.54) is 6.07 Å². The summed E-state index contributed by atoms with van der Waals surface area (Å²) >= 11 is 5.84. The lowest BCUT2D eigenvalue weighted by Gasteiger charge is -2.23. The standard InChI is InChI=1S/C14H11ClN2O4/c1-7-4-12(17-21-7)16-13(18)11-5-8-2-3-9(15)6-10(8)14(19)20-11/h2-4,6,11H,5H2,1H3,(H,16,17,18)/t11-/m0/s1. The van der Waals surface area contributed by atoms with Gasteiger partial charge in [0.2, 0.25) is 0 Å². The summed E-state index contributed by atoms with van der Waals surface area (Å²) in [6.07, 6.45) is -0.607. The number of aromatic nitrogens is 1. The summed E-state index contributed by atoms with van der Waals surface area (Å²) in [4.78, 5) is 24.0. The number of carbonyl (C=O) groups excluding carboxylic acids is 2. The molecule has 108 valence electrons. The summed E-state index contributed by atoms with van der Waals surface area (Å²) in [6.45, 7) is 1.71. The molecule has 2 heterocycles. The SMILES string of the molecule is Cc1cc(NC(=O)[C@@H]2Cc3ccc(Cl)cc3C(=O)O2)no1. The lowest BCUT2D eigenvalue weighted by molar-refractivity contribution is -0.125. The van der Waals surface area contributed by atoms with Gasteiger partial charge in [-0.2, -0.15) is 0 Å². The van der Waals surface area contributed by atoms with Gasteiger partial charge in [0.1, 0.15) is 5.76 Å². The Bertz CT molecular complexity index is 726. The first kappa shape index (κ1) is 13.6. The molecule has 1 atom stereocenters. The van der Waals surface area contributed by atoms with Crippen LogP contribution in [0.2, 0.25) is 5.02 Å². The average Bonchev–Trinajstić information content (AvgIpc) is 2.84. The monoisotopic (exact) mass is 306 g/mol. The van der Waals surface area contributed by atoms with Gasteiger partial charge in [0.15, 0.2) is 11.9 Å². The zero-order valence-electron chi connectivity index (χ0n) is 11.1. The largest absolute Gasteiger partial charge is 0.448 e. The molecule has 1 N–H and O–H groups in total. The van der Waals surface area contributed by atoms with E-state index in [2.05, 4.69) is 10.5 Å². The molecule has 1 amide bonds. The van der Waals surface area contributed by atoms with Gasteiger partial charge in [-0.3, -0.25) is 4.79 Å². The van der Waals surface area contributed by atoms with Crippen LogP contribution in [0.25, 0.3) is 0 Å². The van der Waals surface area contributed by atoms with Gasteiger partial charge in [0.25, 0.3) is 5.91 Å². The van der Waals surface area contributed by atoms with E-state index in [1.807, 2.05) is 0 Å². The van der Waals surface area contributed by atoms with Crippen LogP contribution in [0, 0.1) is 6.92 Å². The molecule has 1 aromatic carbocycles. The minimum atomic E-state index is -0.900. The average molecular weight is 307 g/mol. The fourth-order valence-corrected chi connectivity index (χ4v) is 2.30. The third kappa shape index (κ3) is 2.75. The first-order valence-electron chi connectivity index (χ1n) is 6.26. The molecule has 3 rings (SSSR count). The smallest absolute Gasteiger partial charge is 0.339 e. The van der Waals surface area contributed by atoms with Crippen molar-refractivity contribution in [3.8, 4) is 0 Å². The van der Waals surface area contributed by atoms with Gasteiger partial charge in [-0.15, -0.1) is 0 Å². The highest BCUT2D eigenvalue weighted by Crippen LogP contribution is 2.24. The van der Waals surface area contributed by atoms with Crippen LogP contribution in [0.3, 0.4) is 0 Å². The molecule has 0 fully saturated rings. The van der Waals surface area contributed by atoms with Gasteiger partial charge in [-0.25, -0.2) is 4.79 Å². The lowest BCUT2D eigenvalue weighted by atomic mass is 9.98. The molecule has 0 spiro atoms. The molecular weight excluding hydrogens is 296 g/mol. The maximum atomic E-state index is 12.1. The number of hydrogen-bond acceptors (Lipinski definition) is 5. The van der Waals surface area contributed by atoms with Gasteiger partial charge in [0.05, 0.1) is 5.56 Å². The van der Waals surface area contributed by atoms with Crippen molar-refractivity contribution in [2.24, 2.45) is 0 Å². The number of benzene rings is 1. The minimum absolute atomic E-state index is 0.287. The Labute approximate surface area is 125 Å². The van der Waals surface area contributed by atoms with Crippen LogP contribution in [0.4, 0.5) is 5.82 Å². The number of cyclic esters (lactones) is 1. The second-order valence-corrected chi connectivity index (χ2v) is 5.15. The fraction of sp³-hybridized carbons (Fsp3) is 0.214. The molecule has 7 heteroatoms. The molecule has 0 bridgehead atoms. The summed E-state index contributed by atoms with van der Waals surface area (Å²) in [6, 6.07) is 6.51. The van der Waals surface area contributed by atoms with Gasteiger partial charge in [-0.05, 0) is 24.6 Å². The highest BCUT2D eigenvalue weighted by atomic mass is 35.5. The lowest BCUT2D eigenvalue weighted by Crippen LogP contribution is -2.38. The molecule has 0 radical (unpaired) electrons. The minimum Gasteiger partial charge on any atom is -0.448 e. The van der Waals surface area contributed by atoms with E-state index < -0.39 is 18.0 Å². The van der Waals surface area contributed by atoms with Gasteiger partial charge < -0.3 is 14.6 Å². The van der Waals surface area contributed by atoms with Crippen LogP contribution in [0.15, 0.2) is 28.8 Å². The van der Waals surface area contributed by atoms with E-state index in [-0.39, 0.29) is 5.82 Å². The highest BCUT2D eigenvalue weighted by Gasteiger charge is 2.31. The zero-order chi connectivity index (χ0) is 15.0. The first-order valence-corrected chi connectivity index (χ1v) is 6.64. The summed E-state index contributed by atoms with van der Waals surface area (Å²) in [5.74, 6) is -0.145. The molecule has 21 heavy (non-hydrogen) atoms. The Morgan fingerprint density at radius 3 is 2.95 bits per heavy atom. The third-order valence-electron chi connectivity index (χ3n) is 3.12. The highest BCUT2D eigenvalue weighted by molar-refractivity contribution is 6.31. The quantitative estimate of drug-likeness (QED) is 0.861.